The molecular weight excluding hydrogens is 294 g/mol. The Morgan fingerprint density at radius 1 is 0.667 bits per heavy atom. The predicted octanol–water partition coefficient (Wildman–Crippen LogP) is 4.63. The van der Waals surface area contributed by atoms with Gasteiger partial charge in [-0.05, 0) is 23.6 Å². The smallest absolute Gasteiger partial charge is 0.101 e. The maximum absolute atomic E-state index is 10.6. The largest absolute Gasteiger partial charge is 0.386 e. The van der Waals surface area contributed by atoms with Crippen molar-refractivity contribution in [3.63, 3.8) is 0 Å². The molecule has 1 aliphatic carbocycles. The summed E-state index contributed by atoms with van der Waals surface area (Å²) in [6.45, 7) is 1.97. The molecule has 2 unspecified atom stereocenters. The van der Waals surface area contributed by atoms with Gasteiger partial charge in [-0.1, -0.05) is 78.9 Å². The van der Waals surface area contributed by atoms with Gasteiger partial charge in [-0.2, -0.15) is 0 Å². The van der Waals surface area contributed by atoms with Crippen LogP contribution in [0.3, 0.4) is 0 Å². The van der Waals surface area contributed by atoms with Crippen LogP contribution in [0.1, 0.15) is 29.7 Å². The van der Waals surface area contributed by atoms with Gasteiger partial charge in [0.1, 0.15) is 6.10 Å². The van der Waals surface area contributed by atoms with Crippen LogP contribution in [0.2, 0.25) is 0 Å². The number of hydrogen-bond acceptors (Lipinski definition) is 2. The van der Waals surface area contributed by atoms with Gasteiger partial charge in [-0.15, -0.1) is 0 Å². The van der Waals surface area contributed by atoms with Gasteiger partial charge in [-0.3, -0.25) is 4.99 Å². The zero-order valence-electron chi connectivity index (χ0n) is 13.6. The summed E-state index contributed by atoms with van der Waals surface area (Å²) < 4.78 is 0. The maximum Gasteiger partial charge on any atom is 0.101 e. The van der Waals surface area contributed by atoms with Gasteiger partial charge in [-0.25, -0.2) is 0 Å². The highest BCUT2D eigenvalue weighted by Gasteiger charge is 2.25. The van der Waals surface area contributed by atoms with E-state index in [4.69, 9.17) is 4.99 Å². The van der Waals surface area contributed by atoms with E-state index < -0.39 is 6.10 Å². The van der Waals surface area contributed by atoms with Crippen molar-refractivity contribution in [2.45, 2.75) is 19.1 Å². The lowest BCUT2D eigenvalue weighted by Crippen LogP contribution is -2.15. The van der Waals surface area contributed by atoms with Crippen LogP contribution in [0.15, 0.2) is 83.9 Å². The Kier molecular flexibility index (Phi) is 3.75. The highest BCUT2D eigenvalue weighted by molar-refractivity contribution is 6.24. The molecule has 2 heteroatoms. The average Bonchev–Trinajstić information content (AvgIpc) is 2.96. The minimum absolute atomic E-state index is 0.221. The third-order valence-electron chi connectivity index (χ3n) is 4.59. The average molecular weight is 313 g/mol. The third kappa shape index (κ3) is 2.45. The molecular formula is C22H19NO. The first-order valence-corrected chi connectivity index (χ1v) is 8.25. The standard InChI is InChI=1S/C22H19NO/c1-15(22(24)16-9-3-2-4-10-16)23-21-19-13-7-5-11-17(19)18-12-6-8-14-20(18)21/h2-15,22,24H,1H3. The molecule has 4 rings (SSSR count). The number of nitrogens with zero attached hydrogens (tertiary/aromatic N) is 1. The number of hydrogen-bond donors (Lipinski definition) is 1. The van der Waals surface area contributed by atoms with Crippen molar-refractivity contribution in [1.82, 2.24) is 0 Å². The SMILES string of the molecule is CC(N=C1c2ccccc2-c2ccccc21)C(O)c1ccccc1. The number of aliphatic imine (C=N–C) groups is 1. The molecule has 1 aliphatic rings. The second-order valence-electron chi connectivity index (χ2n) is 6.16. The molecule has 0 aromatic heterocycles. The molecule has 0 heterocycles. The van der Waals surface area contributed by atoms with Gasteiger partial charge >= 0.3 is 0 Å². The second kappa shape index (κ2) is 6.06. The first-order valence-electron chi connectivity index (χ1n) is 8.25. The normalized spacial score (nSPS) is 14.7. The lowest BCUT2D eigenvalue weighted by Gasteiger charge is -2.17. The van der Waals surface area contributed by atoms with Crippen LogP contribution >= 0.6 is 0 Å². The monoisotopic (exact) mass is 313 g/mol. The van der Waals surface area contributed by atoms with Crippen molar-refractivity contribution >= 4 is 5.71 Å². The molecule has 3 aromatic rings. The molecule has 0 bridgehead atoms. The third-order valence-corrected chi connectivity index (χ3v) is 4.59. The molecule has 0 fully saturated rings. The van der Waals surface area contributed by atoms with Crippen LogP contribution in [-0.4, -0.2) is 16.9 Å². The lowest BCUT2D eigenvalue weighted by atomic mass is 10.0. The van der Waals surface area contributed by atoms with Crippen LogP contribution in [0, 0.1) is 0 Å². The van der Waals surface area contributed by atoms with E-state index in [9.17, 15) is 5.11 Å². The van der Waals surface area contributed by atoms with Crippen LogP contribution in [0.25, 0.3) is 11.1 Å². The van der Waals surface area contributed by atoms with Crippen LogP contribution in [0.4, 0.5) is 0 Å². The maximum atomic E-state index is 10.6. The molecule has 3 aromatic carbocycles. The molecule has 24 heavy (non-hydrogen) atoms. The van der Waals surface area contributed by atoms with Crippen LogP contribution in [-0.2, 0) is 0 Å². The van der Waals surface area contributed by atoms with Crippen molar-refractivity contribution in [2.75, 3.05) is 0 Å². The summed E-state index contributed by atoms with van der Waals surface area (Å²) in [7, 11) is 0. The highest BCUT2D eigenvalue weighted by atomic mass is 16.3. The van der Waals surface area contributed by atoms with E-state index in [1.54, 1.807) is 0 Å². The molecule has 118 valence electrons. The predicted molar refractivity (Wildman–Crippen MR) is 98.4 cm³/mol. The summed E-state index contributed by atoms with van der Waals surface area (Å²) in [4.78, 5) is 4.90. The molecule has 2 atom stereocenters. The van der Waals surface area contributed by atoms with Gasteiger partial charge in [0.15, 0.2) is 0 Å². The molecule has 0 spiro atoms. The summed E-state index contributed by atoms with van der Waals surface area (Å²) in [5.74, 6) is 0. The lowest BCUT2D eigenvalue weighted by molar-refractivity contribution is 0.154. The van der Waals surface area contributed by atoms with Crippen molar-refractivity contribution in [1.29, 1.82) is 0 Å². The molecule has 0 amide bonds. The first kappa shape index (κ1) is 14.9. The molecule has 0 radical (unpaired) electrons. The summed E-state index contributed by atoms with van der Waals surface area (Å²) in [5.41, 5.74) is 6.59. The second-order valence-corrected chi connectivity index (χ2v) is 6.16. The summed E-state index contributed by atoms with van der Waals surface area (Å²) in [5, 5.41) is 10.6. The van der Waals surface area contributed by atoms with Gasteiger partial charge in [0.2, 0.25) is 0 Å². The van der Waals surface area contributed by atoms with Crippen molar-refractivity contribution in [2.24, 2.45) is 4.99 Å². The van der Waals surface area contributed by atoms with Gasteiger partial charge < -0.3 is 5.11 Å². The number of aliphatic hydroxyl groups is 1. The fraction of sp³-hybridized carbons (Fsp3) is 0.136. The highest BCUT2D eigenvalue weighted by Crippen LogP contribution is 2.37. The van der Waals surface area contributed by atoms with Gasteiger partial charge in [0.05, 0.1) is 11.8 Å². The Morgan fingerprint density at radius 2 is 1.12 bits per heavy atom. The molecule has 2 nitrogen and oxygen atoms in total. The molecule has 0 aliphatic heterocycles. The van der Waals surface area contributed by atoms with Crippen molar-refractivity contribution < 1.29 is 5.11 Å². The molecule has 1 N–H and O–H groups in total. The van der Waals surface area contributed by atoms with E-state index >= 15 is 0 Å². The summed E-state index contributed by atoms with van der Waals surface area (Å²) in [6, 6.07) is 26.2. The van der Waals surface area contributed by atoms with Crippen LogP contribution in [0.5, 0.6) is 0 Å². The van der Waals surface area contributed by atoms with E-state index in [-0.39, 0.29) is 6.04 Å². The molecule has 0 saturated heterocycles. The van der Waals surface area contributed by atoms with Crippen molar-refractivity contribution in [3.05, 3.63) is 95.6 Å². The minimum Gasteiger partial charge on any atom is -0.386 e. The fourth-order valence-electron chi connectivity index (χ4n) is 3.34. The topological polar surface area (TPSA) is 32.6 Å². The summed E-state index contributed by atoms with van der Waals surface area (Å²) in [6.07, 6.45) is -0.612. The zero-order chi connectivity index (χ0) is 16.5. The van der Waals surface area contributed by atoms with E-state index in [1.165, 1.54) is 11.1 Å². The Bertz CT molecular complexity index is 851. The first-order chi connectivity index (χ1) is 11.8. The Balaban J connectivity index is 1.77. The number of benzene rings is 3. The van der Waals surface area contributed by atoms with E-state index in [2.05, 4.69) is 36.4 Å². The van der Waals surface area contributed by atoms with E-state index in [1.807, 2.05) is 49.4 Å². The minimum atomic E-state index is -0.612. The van der Waals surface area contributed by atoms with E-state index in [0.717, 1.165) is 22.4 Å². The number of aliphatic hydroxyl groups excluding tert-OH is 1. The molecule has 0 saturated carbocycles. The van der Waals surface area contributed by atoms with Crippen molar-refractivity contribution in [3.8, 4) is 11.1 Å². The zero-order valence-corrected chi connectivity index (χ0v) is 13.6. The number of fused-ring (bicyclic) bond motifs is 3. The Labute approximate surface area is 142 Å². The number of rotatable bonds is 3. The van der Waals surface area contributed by atoms with E-state index in [0.29, 0.717) is 0 Å². The quantitative estimate of drug-likeness (QED) is 0.588. The Hall–Kier alpha value is -2.71. The summed E-state index contributed by atoms with van der Waals surface area (Å²) >= 11 is 0. The fourth-order valence-corrected chi connectivity index (χ4v) is 3.34. The van der Waals surface area contributed by atoms with Gasteiger partial charge in [0.25, 0.3) is 0 Å². The van der Waals surface area contributed by atoms with Crippen LogP contribution < -0.4 is 0 Å². The van der Waals surface area contributed by atoms with Gasteiger partial charge in [0, 0.05) is 11.1 Å². The Morgan fingerprint density at radius 3 is 1.67 bits per heavy atom.